The van der Waals surface area contributed by atoms with Gasteiger partial charge in [0.25, 0.3) is 0 Å². The maximum Gasteiger partial charge on any atom is 0.243 e. The van der Waals surface area contributed by atoms with Crippen LogP contribution in [0.3, 0.4) is 0 Å². The lowest BCUT2D eigenvalue weighted by atomic mass is 10.1. The van der Waals surface area contributed by atoms with Crippen LogP contribution in [0.2, 0.25) is 5.02 Å². The summed E-state index contributed by atoms with van der Waals surface area (Å²) in [6.07, 6.45) is 2.52. The second kappa shape index (κ2) is 6.96. The molecule has 3 N–H and O–H groups in total. The fourth-order valence-corrected chi connectivity index (χ4v) is 3.85. The number of halogens is 1. The highest BCUT2D eigenvalue weighted by Gasteiger charge is 2.53. The fourth-order valence-electron chi connectivity index (χ4n) is 3.65. The average molecular weight is 364 g/mol. The minimum absolute atomic E-state index is 0.0673. The number of nitrogens with one attached hydrogen (secondary N) is 1. The molecular formula is C19H26ClN3O2. The Morgan fingerprint density at radius 1 is 1.36 bits per heavy atom. The molecule has 1 aliphatic heterocycles. The molecule has 136 valence electrons. The van der Waals surface area contributed by atoms with Crippen molar-refractivity contribution >= 4 is 23.4 Å². The summed E-state index contributed by atoms with van der Waals surface area (Å²) in [5.74, 6) is 0.109. The number of likely N-dealkylation sites (tertiary alicyclic amines) is 1. The van der Waals surface area contributed by atoms with Crippen molar-refractivity contribution < 1.29 is 9.59 Å². The van der Waals surface area contributed by atoms with Gasteiger partial charge in [0.2, 0.25) is 11.8 Å². The van der Waals surface area contributed by atoms with E-state index < -0.39 is 0 Å². The normalized spacial score (nSPS) is 24.2. The van der Waals surface area contributed by atoms with Crippen LogP contribution in [0.25, 0.3) is 0 Å². The predicted molar refractivity (Wildman–Crippen MR) is 97.8 cm³/mol. The van der Waals surface area contributed by atoms with Crippen LogP contribution >= 0.6 is 11.6 Å². The Balaban J connectivity index is 1.63. The van der Waals surface area contributed by atoms with Gasteiger partial charge in [-0.1, -0.05) is 31.5 Å². The Hall–Kier alpha value is -1.59. The van der Waals surface area contributed by atoms with Crippen LogP contribution in [0, 0.1) is 11.3 Å². The molecule has 3 rings (SSSR count). The van der Waals surface area contributed by atoms with Crippen molar-refractivity contribution in [3.8, 4) is 0 Å². The van der Waals surface area contributed by atoms with Gasteiger partial charge in [-0.25, -0.2) is 0 Å². The Morgan fingerprint density at radius 2 is 2.08 bits per heavy atom. The highest BCUT2D eigenvalue weighted by atomic mass is 35.5. The standard InChI is InChI=1S/C19H26ClN3O2/c1-19(2)9-15(19)18(25)23-7-3-4-16(23)17(24)22-11-13-8-14(20)6-5-12(13)10-21/h5-6,8,15-16H,3-4,7,9-11,21H2,1-2H3,(H,22,24)/t15-,16+/m1/s1. The summed E-state index contributed by atoms with van der Waals surface area (Å²) in [6, 6.07) is 5.15. The van der Waals surface area contributed by atoms with Gasteiger partial charge < -0.3 is 16.0 Å². The lowest BCUT2D eigenvalue weighted by molar-refractivity contribution is -0.140. The van der Waals surface area contributed by atoms with Gasteiger partial charge in [0, 0.05) is 30.6 Å². The highest BCUT2D eigenvalue weighted by Crippen LogP contribution is 2.53. The van der Waals surface area contributed by atoms with Crippen LogP contribution in [0.15, 0.2) is 18.2 Å². The van der Waals surface area contributed by atoms with Crippen molar-refractivity contribution in [3.05, 3.63) is 34.3 Å². The summed E-state index contributed by atoms with van der Waals surface area (Å²) in [7, 11) is 0. The molecule has 0 spiro atoms. The third-order valence-corrected chi connectivity index (χ3v) is 5.73. The minimum atomic E-state index is -0.357. The van der Waals surface area contributed by atoms with Crippen LogP contribution in [0.4, 0.5) is 0 Å². The van der Waals surface area contributed by atoms with E-state index in [0.717, 1.165) is 30.4 Å². The number of amides is 2. The Kier molecular flexibility index (Phi) is 5.07. The van der Waals surface area contributed by atoms with E-state index in [1.54, 1.807) is 11.0 Å². The number of hydrogen-bond acceptors (Lipinski definition) is 3. The van der Waals surface area contributed by atoms with E-state index in [9.17, 15) is 9.59 Å². The first kappa shape index (κ1) is 18.2. The van der Waals surface area contributed by atoms with Gasteiger partial charge in [-0.15, -0.1) is 0 Å². The number of nitrogens with two attached hydrogens (primary N) is 1. The van der Waals surface area contributed by atoms with E-state index in [4.69, 9.17) is 17.3 Å². The summed E-state index contributed by atoms with van der Waals surface area (Å²) in [6.45, 7) is 5.66. The predicted octanol–water partition coefficient (Wildman–Crippen LogP) is 2.45. The zero-order valence-corrected chi connectivity index (χ0v) is 15.6. The molecular weight excluding hydrogens is 338 g/mol. The van der Waals surface area contributed by atoms with E-state index in [0.29, 0.717) is 24.7 Å². The molecule has 2 fully saturated rings. The van der Waals surface area contributed by atoms with Gasteiger partial charge in [-0.05, 0) is 47.9 Å². The number of carbonyl (C=O) groups is 2. The van der Waals surface area contributed by atoms with Gasteiger partial charge >= 0.3 is 0 Å². The number of nitrogens with zero attached hydrogens (tertiary/aromatic N) is 1. The molecule has 2 aliphatic rings. The lowest BCUT2D eigenvalue weighted by Gasteiger charge is -2.25. The first-order valence-electron chi connectivity index (χ1n) is 8.89. The van der Waals surface area contributed by atoms with E-state index in [2.05, 4.69) is 19.2 Å². The Morgan fingerprint density at radius 3 is 2.72 bits per heavy atom. The third-order valence-electron chi connectivity index (χ3n) is 5.49. The molecule has 25 heavy (non-hydrogen) atoms. The van der Waals surface area contributed by atoms with E-state index in [1.165, 1.54) is 0 Å². The van der Waals surface area contributed by atoms with Crippen LogP contribution in [-0.2, 0) is 22.7 Å². The monoisotopic (exact) mass is 363 g/mol. The number of carbonyl (C=O) groups excluding carboxylic acids is 2. The molecule has 0 radical (unpaired) electrons. The molecule has 1 aromatic rings. The lowest BCUT2D eigenvalue weighted by Crippen LogP contribution is -2.46. The Labute approximate surface area is 153 Å². The van der Waals surface area contributed by atoms with Crippen molar-refractivity contribution in [3.63, 3.8) is 0 Å². The van der Waals surface area contributed by atoms with Gasteiger partial charge in [-0.3, -0.25) is 9.59 Å². The molecule has 1 saturated carbocycles. The molecule has 1 saturated heterocycles. The quantitative estimate of drug-likeness (QED) is 0.843. The van der Waals surface area contributed by atoms with Crippen molar-refractivity contribution in [2.24, 2.45) is 17.1 Å². The number of hydrogen-bond donors (Lipinski definition) is 2. The van der Waals surface area contributed by atoms with Crippen LogP contribution in [0.5, 0.6) is 0 Å². The van der Waals surface area contributed by atoms with Gasteiger partial charge in [0.05, 0.1) is 0 Å². The summed E-state index contributed by atoms with van der Waals surface area (Å²) in [4.78, 5) is 27.1. The fraction of sp³-hybridized carbons (Fsp3) is 0.579. The SMILES string of the molecule is CC1(C)C[C@@H]1C(=O)N1CCC[C@H]1C(=O)NCc1cc(Cl)ccc1CN. The maximum absolute atomic E-state index is 12.7. The maximum atomic E-state index is 12.7. The second-order valence-electron chi connectivity index (χ2n) is 7.77. The second-order valence-corrected chi connectivity index (χ2v) is 8.21. The van der Waals surface area contributed by atoms with Crippen LogP contribution < -0.4 is 11.1 Å². The van der Waals surface area contributed by atoms with Crippen molar-refractivity contribution in [2.75, 3.05) is 6.54 Å². The van der Waals surface area contributed by atoms with Crippen LogP contribution in [0.1, 0.15) is 44.2 Å². The molecule has 6 heteroatoms. The number of benzene rings is 1. The topological polar surface area (TPSA) is 75.4 Å². The molecule has 1 aromatic carbocycles. The largest absolute Gasteiger partial charge is 0.350 e. The van der Waals surface area contributed by atoms with Crippen LogP contribution in [-0.4, -0.2) is 29.3 Å². The summed E-state index contributed by atoms with van der Waals surface area (Å²) >= 11 is 6.04. The summed E-state index contributed by atoms with van der Waals surface area (Å²) in [5, 5.41) is 3.58. The number of rotatable bonds is 5. The summed E-state index contributed by atoms with van der Waals surface area (Å²) in [5.41, 5.74) is 7.71. The minimum Gasteiger partial charge on any atom is -0.350 e. The zero-order chi connectivity index (χ0) is 18.2. The molecule has 2 atom stereocenters. The highest BCUT2D eigenvalue weighted by molar-refractivity contribution is 6.30. The first-order valence-corrected chi connectivity index (χ1v) is 9.27. The average Bonchev–Trinajstić information content (AvgIpc) is 2.99. The molecule has 2 amide bonds. The molecule has 1 heterocycles. The van der Waals surface area contributed by atoms with Crippen molar-refractivity contribution in [1.82, 2.24) is 10.2 Å². The third kappa shape index (κ3) is 3.82. The summed E-state index contributed by atoms with van der Waals surface area (Å²) < 4.78 is 0. The van der Waals surface area contributed by atoms with E-state index in [-0.39, 0.29) is 29.2 Å². The van der Waals surface area contributed by atoms with Gasteiger partial charge in [0.1, 0.15) is 6.04 Å². The molecule has 0 aromatic heterocycles. The molecule has 5 nitrogen and oxygen atoms in total. The Bertz CT molecular complexity index is 689. The zero-order valence-electron chi connectivity index (χ0n) is 14.8. The van der Waals surface area contributed by atoms with E-state index in [1.807, 2.05) is 12.1 Å². The smallest absolute Gasteiger partial charge is 0.243 e. The molecule has 0 unspecified atom stereocenters. The van der Waals surface area contributed by atoms with Crippen molar-refractivity contribution in [2.45, 2.75) is 52.2 Å². The first-order chi connectivity index (χ1) is 11.8. The van der Waals surface area contributed by atoms with Gasteiger partial charge in [0.15, 0.2) is 0 Å². The van der Waals surface area contributed by atoms with Gasteiger partial charge in [-0.2, -0.15) is 0 Å². The molecule has 0 bridgehead atoms. The molecule has 1 aliphatic carbocycles. The van der Waals surface area contributed by atoms with E-state index >= 15 is 0 Å². The van der Waals surface area contributed by atoms with Crippen molar-refractivity contribution in [1.29, 1.82) is 0 Å².